The standard InChI is InChI=1S/C14H21NO/c1-2-14(11-16,15-13-8-9-13)10-12-6-4-3-5-7-12/h3-7,13,15-16H,2,8-11H2,1H3. The van der Waals surface area contributed by atoms with E-state index < -0.39 is 0 Å². The summed E-state index contributed by atoms with van der Waals surface area (Å²) in [5.41, 5.74) is 1.18. The summed E-state index contributed by atoms with van der Waals surface area (Å²) >= 11 is 0. The van der Waals surface area contributed by atoms with Gasteiger partial charge < -0.3 is 10.4 Å². The molecule has 1 saturated carbocycles. The SMILES string of the molecule is CCC(CO)(Cc1ccccc1)NC1CC1. The summed E-state index contributed by atoms with van der Waals surface area (Å²) in [5, 5.41) is 13.3. The Bertz CT molecular complexity index is 315. The second-order valence-corrected chi connectivity index (χ2v) is 4.87. The topological polar surface area (TPSA) is 32.3 Å². The summed E-state index contributed by atoms with van der Waals surface area (Å²) < 4.78 is 0. The Hall–Kier alpha value is -0.860. The third kappa shape index (κ3) is 2.83. The van der Waals surface area contributed by atoms with Crippen molar-refractivity contribution in [2.24, 2.45) is 0 Å². The molecular weight excluding hydrogens is 198 g/mol. The lowest BCUT2D eigenvalue weighted by Gasteiger charge is -2.32. The molecule has 1 fully saturated rings. The lowest BCUT2D eigenvalue weighted by molar-refractivity contribution is 0.153. The van der Waals surface area contributed by atoms with Crippen LogP contribution < -0.4 is 5.32 Å². The first-order valence-electron chi connectivity index (χ1n) is 6.20. The van der Waals surface area contributed by atoms with Crippen LogP contribution in [-0.4, -0.2) is 23.3 Å². The molecule has 0 amide bonds. The van der Waals surface area contributed by atoms with E-state index >= 15 is 0 Å². The molecule has 2 N–H and O–H groups in total. The van der Waals surface area contributed by atoms with Gasteiger partial charge in [-0.2, -0.15) is 0 Å². The molecule has 0 heterocycles. The summed E-state index contributed by atoms with van der Waals surface area (Å²) in [7, 11) is 0. The van der Waals surface area contributed by atoms with E-state index in [2.05, 4.69) is 36.5 Å². The largest absolute Gasteiger partial charge is 0.394 e. The van der Waals surface area contributed by atoms with Crippen molar-refractivity contribution < 1.29 is 5.11 Å². The molecule has 16 heavy (non-hydrogen) atoms. The number of aliphatic hydroxyl groups is 1. The van der Waals surface area contributed by atoms with Crippen molar-refractivity contribution >= 4 is 0 Å². The number of nitrogens with one attached hydrogen (secondary N) is 1. The molecule has 1 aliphatic carbocycles. The van der Waals surface area contributed by atoms with Gasteiger partial charge in [0.25, 0.3) is 0 Å². The molecule has 1 aromatic rings. The van der Waals surface area contributed by atoms with Gasteiger partial charge in [0.15, 0.2) is 0 Å². The summed E-state index contributed by atoms with van der Waals surface area (Å²) in [6.45, 7) is 2.36. The maximum absolute atomic E-state index is 9.65. The molecule has 1 unspecified atom stereocenters. The lowest BCUT2D eigenvalue weighted by Crippen LogP contribution is -2.51. The molecule has 1 atom stereocenters. The van der Waals surface area contributed by atoms with Crippen LogP contribution in [0.15, 0.2) is 30.3 Å². The van der Waals surface area contributed by atoms with E-state index in [1.165, 1.54) is 18.4 Å². The molecule has 0 radical (unpaired) electrons. The fourth-order valence-corrected chi connectivity index (χ4v) is 2.14. The zero-order valence-corrected chi connectivity index (χ0v) is 9.95. The van der Waals surface area contributed by atoms with Gasteiger partial charge in [-0.05, 0) is 31.2 Å². The van der Waals surface area contributed by atoms with Crippen LogP contribution in [0.25, 0.3) is 0 Å². The van der Waals surface area contributed by atoms with Crippen LogP contribution >= 0.6 is 0 Å². The van der Waals surface area contributed by atoms with Crippen LogP contribution in [0.3, 0.4) is 0 Å². The van der Waals surface area contributed by atoms with Gasteiger partial charge in [-0.25, -0.2) is 0 Å². The van der Waals surface area contributed by atoms with E-state index in [1.54, 1.807) is 0 Å². The van der Waals surface area contributed by atoms with Gasteiger partial charge in [-0.1, -0.05) is 37.3 Å². The minimum atomic E-state index is -0.123. The third-order valence-electron chi connectivity index (χ3n) is 3.45. The Morgan fingerprint density at radius 2 is 2.00 bits per heavy atom. The van der Waals surface area contributed by atoms with E-state index in [1.807, 2.05) is 6.07 Å². The molecule has 2 heteroatoms. The van der Waals surface area contributed by atoms with Crippen molar-refractivity contribution in [3.63, 3.8) is 0 Å². The zero-order valence-electron chi connectivity index (χ0n) is 9.95. The van der Waals surface area contributed by atoms with Crippen molar-refractivity contribution in [1.29, 1.82) is 0 Å². The highest BCUT2D eigenvalue weighted by atomic mass is 16.3. The second-order valence-electron chi connectivity index (χ2n) is 4.87. The van der Waals surface area contributed by atoms with Crippen molar-refractivity contribution in [3.05, 3.63) is 35.9 Å². The molecule has 1 aliphatic rings. The number of rotatable bonds is 6. The molecule has 0 bridgehead atoms. The summed E-state index contributed by atoms with van der Waals surface area (Å²) in [6.07, 6.45) is 4.40. The average molecular weight is 219 g/mol. The van der Waals surface area contributed by atoms with E-state index in [9.17, 15) is 5.11 Å². The number of hydrogen-bond donors (Lipinski definition) is 2. The fraction of sp³-hybridized carbons (Fsp3) is 0.571. The first kappa shape index (κ1) is 11.6. The van der Waals surface area contributed by atoms with E-state index in [0.717, 1.165) is 12.8 Å². The van der Waals surface area contributed by atoms with Crippen LogP contribution in [0.1, 0.15) is 31.7 Å². The molecule has 0 spiro atoms. The molecule has 88 valence electrons. The summed E-state index contributed by atoms with van der Waals surface area (Å²) in [4.78, 5) is 0. The Morgan fingerprint density at radius 1 is 1.31 bits per heavy atom. The first-order valence-corrected chi connectivity index (χ1v) is 6.20. The van der Waals surface area contributed by atoms with Crippen LogP contribution in [0, 0.1) is 0 Å². The second kappa shape index (κ2) is 4.98. The van der Waals surface area contributed by atoms with Crippen LogP contribution in [-0.2, 0) is 6.42 Å². The highest BCUT2D eigenvalue weighted by Gasteiger charge is 2.34. The van der Waals surface area contributed by atoms with Crippen LogP contribution in [0.4, 0.5) is 0 Å². The molecule has 2 rings (SSSR count). The van der Waals surface area contributed by atoms with Gasteiger partial charge in [0, 0.05) is 11.6 Å². The van der Waals surface area contributed by atoms with Gasteiger partial charge in [-0.15, -0.1) is 0 Å². The van der Waals surface area contributed by atoms with Crippen molar-refractivity contribution in [2.75, 3.05) is 6.61 Å². The highest BCUT2D eigenvalue weighted by Crippen LogP contribution is 2.26. The van der Waals surface area contributed by atoms with Gasteiger partial charge in [0.1, 0.15) is 0 Å². The Balaban J connectivity index is 2.06. The van der Waals surface area contributed by atoms with Gasteiger partial charge in [0.2, 0.25) is 0 Å². The monoisotopic (exact) mass is 219 g/mol. The molecule has 2 nitrogen and oxygen atoms in total. The van der Waals surface area contributed by atoms with Gasteiger partial charge in [-0.3, -0.25) is 0 Å². The minimum absolute atomic E-state index is 0.123. The lowest BCUT2D eigenvalue weighted by atomic mass is 9.88. The molecular formula is C14H21NO. The molecule has 0 aliphatic heterocycles. The Morgan fingerprint density at radius 3 is 2.50 bits per heavy atom. The van der Waals surface area contributed by atoms with Gasteiger partial charge >= 0.3 is 0 Å². The molecule has 1 aromatic carbocycles. The first-order chi connectivity index (χ1) is 7.78. The smallest absolute Gasteiger partial charge is 0.0616 e. The number of benzene rings is 1. The normalized spacial score (nSPS) is 19.4. The third-order valence-corrected chi connectivity index (χ3v) is 3.45. The molecule has 0 saturated heterocycles. The van der Waals surface area contributed by atoms with Crippen LogP contribution in [0.2, 0.25) is 0 Å². The van der Waals surface area contributed by atoms with Gasteiger partial charge in [0.05, 0.1) is 6.61 Å². The number of aliphatic hydroxyl groups excluding tert-OH is 1. The quantitative estimate of drug-likeness (QED) is 0.768. The van der Waals surface area contributed by atoms with Crippen molar-refractivity contribution in [3.8, 4) is 0 Å². The summed E-state index contributed by atoms with van der Waals surface area (Å²) in [5.74, 6) is 0. The maximum atomic E-state index is 9.65. The predicted molar refractivity (Wildman–Crippen MR) is 66.4 cm³/mol. The van der Waals surface area contributed by atoms with Crippen molar-refractivity contribution in [2.45, 2.75) is 44.2 Å². The number of hydrogen-bond acceptors (Lipinski definition) is 2. The van der Waals surface area contributed by atoms with E-state index in [-0.39, 0.29) is 12.1 Å². The van der Waals surface area contributed by atoms with Crippen molar-refractivity contribution in [1.82, 2.24) is 5.32 Å². The Labute approximate surface area is 97.7 Å². The maximum Gasteiger partial charge on any atom is 0.0616 e. The Kier molecular flexibility index (Phi) is 3.62. The molecule has 0 aromatic heterocycles. The van der Waals surface area contributed by atoms with E-state index in [4.69, 9.17) is 0 Å². The fourth-order valence-electron chi connectivity index (χ4n) is 2.14. The zero-order chi connectivity index (χ0) is 11.4. The van der Waals surface area contributed by atoms with E-state index in [0.29, 0.717) is 6.04 Å². The summed E-state index contributed by atoms with van der Waals surface area (Å²) in [6, 6.07) is 11.1. The van der Waals surface area contributed by atoms with Crippen LogP contribution in [0.5, 0.6) is 0 Å². The highest BCUT2D eigenvalue weighted by molar-refractivity contribution is 5.18. The minimum Gasteiger partial charge on any atom is -0.394 e. The predicted octanol–water partition coefficient (Wildman–Crippen LogP) is 2.12. The average Bonchev–Trinajstić information content (AvgIpc) is 3.13.